The number of hydrogen-bond donors (Lipinski definition) is 3. The molecule has 3 N–H and O–H groups in total. The van der Waals surface area contributed by atoms with Crippen LogP contribution in [-0.2, 0) is 0 Å². The molecule has 0 bridgehead atoms. The zero-order chi connectivity index (χ0) is 10.4. The van der Waals surface area contributed by atoms with Gasteiger partial charge in [-0.1, -0.05) is 13.3 Å². The Bertz CT molecular complexity index is 152. The Morgan fingerprint density at radius 1 is 1.36 bits per heavy atom. The molecule has 1 saturated carbocycles. The van der Waals surface area contributed by atoms with Gasteiger partial charge in [0.1, 0.15) is 0 Å². The minimum absolute atomic E-state index is 0.219. The van der Waals surface area contributed by atoms with Gasteiger partial charge in [-0.3, -0.25) is 0 Å². The van der Waals surface area contributed by atoms with Gasteiger partial charge < -0.3 is 15.5 Å². The largest absolute Gasteiger partial charge is 0.396 e. The maximum atomic E-state index is 9.34. The van der Waals surface area contributed by atoms with E-state index in [-0.39, 0.29) is 6.10 Å². The first-order valence-corrected chi connectivity index (χ1v) is 5.77. The van der Waals surface area contributed by atoms with Gasteiger partial charge in [-0.2, -0.15) is 0 Å². The molecule has 1 rings (SSSR count). The third-order valence-electron chi connectivity index (χ3n) is 3.31. The highest BCUT2D eigenvalue weighted by atomic mass is 16.3. The van der Waals surface area contributed by atoms with E-state index in [1.807, 2.05) is 6.92 Å². The zero-order valence-corrected chi connectivity index (χ0v) is 9.08. The summed E-state index contributed by atoms with van der Waals surface area (Å²) in [5, 5.41) is 21.7. The minimum atomic E-state index is -0.219. The SMILES string of the molecule is CCC(O)CNCC1CCCC1CO. The van der Waals surface area contributed by atoms with E-state index in [1.54, 1.807) is 0 Å². The first kappa shape index (κ1) is 12.0. The van der Waals surface area contributed by atoms with E-state index in [0.29, 0.717) is 25.0 Å². The number of aliphatic hydroxyl groups is 2. The van der Waals surface area contributed by atoms with Crippen LogP contribution >= 0.6 is 0 Å². The van der Waals surface area contributed by atoms with Gasteiger partial charge >= 0.3 is 0 Å². The van der Waals surface area contributed by atoms with Crippen LogP contribution in [0, 0.1) is 11.8 Å². The predicted molar refractivity (Wildman–Crippen MR) is 57.1 cm³/mol. The van der Waals surface area contributed by atoms with E-state index in [0.717, 1.165) is 13.0 Å². The van der Waals surface area contributed by atoms with Crippen molar-refractivity contribution in [2.75, 3.05) is 19.7 Å². The maximum absolute atomic E-state index is 9.34. The molecule has 84 valence electrons. The Morgan fingerprint density at radius 3 is 2.71 bits per heavy atom. The van der Waals surface area contributed by atoms with E-state index in [9.17, 15) is 5.11 Å². The molecule has 0 radical (unpaired) electrons. The molecular formula is C11H23NO2. The van der Waals surface area contributed by atoms with Crippen LogP contribution in [0.1, 0.15) is 32.6 Å². The Morgan fingerprint density at radius 2 is 2.07 bits per heavy atom. The first-order valence-electron chi connectivity index (χ1n) is 5.77. The van der Waals surface area contributed by atoms with Crippen molar-refractivity contribution in [3.63, 3.8) is 0 Å². The molecule has 1 fully saturated rings. The van der Waals surface area contributed by atoms with Gasteiger partial charge in [0, 0.05) is 13.2 Å². The van der Waals surface area contributed by atoms with Crippen LogP contribution in [-0.4, -0.2) is 36.0 Å². The lowest BCUT2D eigenvalue weighted by Gasteiger charge is -2.18. The summed E-state index contributed by atoms with van der Waals surface area (Å²) < 4.78 is 0. The average Bonchev–Trinajstić information content (AvgIpc) is 2.65. The fourth-order valence-corrected chi connectivity index (χ4v) is 2.20. The van der Waals surface area contributed by atoms with Crippen LogP contribution in [0.2, 0.25) is 0 Å². The van der Waals surface area contributed by atoms with E-state index < -0.39 is 0 Å². The molecule has 0 spiro atoms. The lowest BCUT2D eigenvalue weighted by molar-refractivity contribution is 0.158. The van der Waals surface area contributed by atoms with Crippen LogP contribution < -0.4 is 5.32 Å². The molecule has 3 atom stereocenters. The molecule has 1 aliphatic carbocycles. The van der Waals surface area contributed by atoms with Gasteiger partial charge in [-0.05, 0) is 37.6 Å². The Kier molecular flexibility index (Phi) is 5.45. The van der Waals surface area contributed by atoms with E-state index in [1.165, 1.54) is 19.3 Å². The van der Waals surface area contributed by atoms with Crippen molar-refractivity contribution in [2.45, 2.75) is 38.7 Å². The fraction of sp³-hybridized carbons (Fsp3) is 1.00. The van der Waals surface area contributed by atoms with Crippen LogP contribution in [0.4, 0.5) is 0 Å². The molecule has 1 aliphatic rings. The van der Waals surface area contributed by atoms with Crippen molar-refractivity contribution >= 4 is 0 Å². The van der Waals surface area contributed by atoms with Crippen LogP contribution in [0.25, 0.3) is 0 Å². The number of rotatable bonds is 6. The summed E-state index contributed by atoms with van der Waals surface area (Å²) in [4.78, 5) is 0. The minimum Gasteiger partial charge on any atom is -0.396 e. The summed E-state index contributed by atoms with van der Waals surface area (Å²) in [7, 11) is 0. The van der Waals surface area contributed by atoms with Gasteiger partial charge in [0.25, 0.3) is 0 Å². The lowest BCUT2D eigenvalue weighted by atomic mass is 9.97. The predicted octanol–water partition coefficient (Wildman–Crippen LogP) is 0.755. The van der Waals surface area contributed by atoms with Gasteiger partial charge in [0.05, 0.1) is 6.10 Å². The molecule has 3 nitrogen and oxygen atoms in total. The third-order valence-corrected chi connectivity index (χ3v) is 3.31. The quantitative estimate of drug-likeness (QED) is 0.594. The molecule has 0 aromatic heterocycles. The normalized spacial score (nSPS) is 29.4. The highest BCUT2D eigenvalue weighted by Gasteiger charge is 2.25. The van der Waals surface area contributed by atoms with Crippen molar-refractivity contribution in [3.8, 4) is 0 Å². The summed E-state index contributed by atoms with van der Waals surface area (Å²) >= 11 is 0. The molecule has 0 saturated heterocycles. The Hall–Kier alpha value is -0.120. The van der Waals surface area contributed by atoms with Gasteiger partial charge in [-0.25, -0.2) is 0 Å². The fourth-order valence-electron chi connectivity index (χ4n) is 2.20. The Labute approximate surface area is 86.5 Å². The summed E-state index contributed by atoms with van der Waals surface area (Å²) in [6.07, 6.45) is 4.22. The molecule has 3 unspecified atom stereocenters. The second-order valence-corrected chi connectivity index (χ2v) is 4.35. The summed E-state index contributed by atoms with van der Waals surface area (Å²) in [5.74, 6) is 1.10. The van der Waals surface area contributed by atoms with Gasteiger partial charge in [0.15, 0.2) is 0 Å². The average molecular weight is 201 g/mol. The Balaban J connectivity index is 2.11. The van der Waals surface area contributed by atoms with Crippen LogP contribution in [0.15, 0.2) is 0 Å². The maximum Gasteiger partial charge on any atom is 0.0662 e. The zero-order valence-electron chi connectivity index (χ0n) is 9.08. The second-order valence-electron chi connectivity index (χ2n) is 4.35. The van der Waals surface area contributed by atoms with Crippen LogP contribution in [0.5, 0.6) is 0 Å². The second kappa shape index (κ2) is 6.38. The monoisotopic (exact) mass is 201 g/mol. The standard InChI is InChI=1S/C11H23NO2/c1-2-11(14)7-12-6-9-4-3-5-10(9)8-13/h9-14H,2-8H2,1H3. The molecular weight excluding hydrogens is 178 g/mol. The first-order chi connectivity index (χ1) is 6.77. The smallest absolute Gasteiger partial charge is 0.0662 e. The summed E-state index contributed by atoms with van der Waals surface area (Å²) in [6.45, 7) is 3.94. The number of aliphatic hydroxyl groups excluding tert-OH is 2. The number of nitrogens with one attached hydrogen (secondary N) is 1. The van der Waals surface area contributed by atoms with Crippen molar-refractivity contribution in [1.29, 1.82) is 0 Å². The van der Waals surface area contributed by atoms with E-state index in [2.05, 4.69) is 5.32 Å². The molecule has 3 heteroatoms. The van der Waals surface area contributed by atoms with Crippen LogP contribution in [0.3, 0.4) is 0 Å². The summed E-state index contributed by atoms with van der Waals surface area (Å²) in [6, 6.07) is 0. The summed E-state index contributed by atoms with van der Waals surface area (Å²) in [5.41, 5.74) is 0. The molecule has 0 amide bonds. The molecule has 14 heavy (non-hydrogen) atoms. The molecule has 0 aromatic rings. The van der Waals surface area contributed by atoms with Crippen molar-refractivity contribution in [1.82, 2.24) is 5.32 Å². The number of hydrogen-bond acceptors (Lipinski definition) is 3. The van der Waals surface area contributed by atoms with Crippen molar-refractivity contribution in [2.24, 2.45) is 11.8 Å². The highest BCUT2D eigenvalue weighted by molar-refractivity contribution is 4.78. The topological polar surface area (TPSA) is 52.5 Å². The molecule has 0 aliphatic heterocycles. The lowest BCUT2D eigenvalue weighted by Crippen LogP contribution is -2.32. The van der Waals surface area contributed by atoms with E-state index in [4.69, 9.17) is 5.11 Å². The van der Waals surface area contributed by atoms with Crippen molar-refractivity contribution in [3.05, 3.63) is 0 Å². The third kappa shape index (κ3) is 3.56. The van der Waals surface area contributed by atoms with Gasteiger partial charge in [-0.15, -0.1) is 0 Å². The molecule has 0 heterocycles. The van der Waals surface area contributed by atoms with Gasteiger partial charge in [0.2, 0.25) is 0 Å². The van der Waals surface area contributed by atoms with E-state index >= 15 is 0 Å². The van der Waals surface area contributed by atoms with Crippen molar-refractivity contribution < 1.29 is 10.2 Å². The molecule has 0 aromatic carbocycles. The highest BCUT2D eigenvalue weighted by Crippen LogP contribution is 2.30.